The van der Waals surface area contributed by atoms with Crippen molar-refractivity contribution in [2.75, 3.05) is 52.5 Å². The minimum absolute atomic E-state index is 0.0313. The average Bonchev–Trinajstić information content (AvgIpc) is 2.82. The van der Waals surface area contributed by atoms with E-state index < -0.39 is 10.0 Å². The summed E-state index contributed by atoms with van der Waals surface area (Å²) in [6, 6.07) is -0.0313. The molecule has 0 radical (unpaired) electrons. The lowest BCUT2D eigenvalue weighted by molar-refractivity contribution is 0.0437. The summed E-state index contributed by atoms with van der Waals surface area (Å²) in [7, 11) is -1.86. The van der Waals surface area contributed by atoms with Crippen LogP contribution in [-0.4, -0.2) is 90.6 Å². The van der Waals surface area contributed by atoms with Gasteiger partial charge in [-0.2, -0.15) is 4.31 Å². The number of rotatable bonds is 2. The SMILES string of the molecule is Cc1nc(S(=O)(=O)N2CCCN(C(=O)N3CCOCC3)CC2)cn1C. The minimum Gasteiger partial charge on any atom is -0.378 e. The highest BCUT2D eigenvalue weighted by Gasteiger charge is 2.31. The Hall–Kier alpha value is -1.65. The maximum atomic E-state index is 12.8. The summed E-state index contributed by atoms with van der Waals surface area (Å²) in [5, 5.41) is 0.0699. The maximum absolute atomic E-state index is 12.8. The lowest BCUT2D eigenvalue weighted by Crippen LogP contribution is -2.49. The van der Waals surface area contributed by atoms with Crippen LogP contribution in [0, 0.1) is 6.92 Å². The average molecular weight is 371 g/mol. The molecule has 1 aromatic heterocycles. The van der Waals surface area contributed by atoms with Crippen LogP contribution in [0.3, 0.4) is 0 Å². The van der Waals surface area contributed by atoms with Gasteiger partial charge in [-0.15, -0.1) is 0 Å². The molecule has 0 bridgehead atoms. The third-order valence-electron chi connectivity index (χ3n) is 4.70. The third-order valence-corrected chi connectivity index (χ3v) is 6.47. The molecule has 25 heavy (non-hydrogen) atoms. The number of urea groups is 1. The van der Waals surface area contributed by atoms with E-state index in [-0.39, 0.29) is 17.6 Å². The molecule has 0 spiro atoms. The van der Waals surface area contributed by atoms with Gasteiger partial charge in [0.1, 0.15) is 5.82 Å². The largest absolute Gasteiger partial charge is 0.378 e. The molecule has 0 aromatic carbocycles. The number of ether oxygens (including phenoxy) is 1. The van der Waals surface area contributed by atoms with E-state index in [2.05, 4.69) is 4.98 Å². The Morgan fingerprint density at radius 1 is 1.08 bits per heavy atom. The first kappa shape index (κ1) is 18.2. The fourth-order valence-corrected chi connectivity index (χ4v) is 4.56. The van der Waals surface area contributed by atoms with Crippen LogP contribution in [0.5, 0.6) is 0 Å². The predicted octanol–water partition coefficient (Wildman–Crippen LogP) is -0.123. The van der Waals surface area contributed by atoms with Crippen LogP contribution in [-0.2, 0) is 21.8 Å². The highest BCUT2D eigenvalue weighted by molar-refractivity contribution is 7.89. The number of nitrogens with zero attached hydrogens (tertiary/aromatic N) is 5. The van der Waals surface area contributed by atoms with Gasteiger partial charge in [0, 0.05) is 52.5 Å². The van der Waals surface area contributed by atoms with Crippen molar-refractivity contribution < 1.29 is 17.9 Å². The molecule has 9 nitrogen and oxygen atoms in total. The first-order chi connectivity index (χ1) is 11.9. The lowest BCUT2D eigenvalue weighted by Gasteiger charge is -2.32. The normalized spacial score (nSPS) is 20.6. The number of aryl methyl sites for hydroxylation is 2. The summed E-state index contributed by atoms with van der Waals surface area (Å²) >= 11 is 0. The summed E-state index contributed by atoms with van der Waals surface area (Å²) in [6.45, 7) is 5.68. The zero-order valence-electron chi connectivity index (χ0n) is 14.7. The summed E-state index contributed by atoms with van der Waals surface area (Å²) in [6.07, 6.45) is 2.15. The second-order valence-corrected chi connectivity index (χ2v) is 8.25. The second-order valence-electron chi connectivity index (χ2n) is 6.36. The Bertz CT molecular complexity index is 707. The zero-order chi connectivity index (χ0) is 18.0. The molecule has 140 valence electrons. The number of hydrogen-bond donors (Lipinski definition) is 0. The Labute approximate surface area is 148 Å². The molecule has 0 unspecified atom stereocenters. The molecule has 10 heteroatoms. The number of morpholine rings is 1. The topological polar surface area (TPSA) is 88.0 Å². The minimum atomic E-state index is -3.63. The van der Waals surface area contributed by atoms with Crippen molar-refractivity contribution >= 4 is 16.1 Å². The number of sulfonamides is 1. The predicted molar refractivity (Wildman–Crippen MR) is 90.7 cm³/mol. The Kier molecular flexibility index (Phi) is 5.30. The van der Waals surface area contributed by atoms with E-state index in [4.69, 9.17) is 4.74 Å². The molecule has 2 aliphatic rings. The number of hydrogen-bond acceptors (Lipinski definition) is 5. The van der Waals surface area contributed by atoms with Crippen LogP contribution in [0.2, 0.25) is 0 Å². The van der Waals surface area contributed by atoms with Crippen molar-refractivity contribution in [3.05, 3.63) is 12.0 Å². The van der Waals surface area contributed by atoms with Crippen molar-refractivity contribution in [2.24, 2.45) is 7.05 Å². The fraction of sp³-hybridized carbons (Fsp3) is 0.733. The van der Waals surface area contributed by atoms with Gasteiger partial charge < -0.3 is 19.1 Å². The highest BCUT2D eigenvalue weighted by atomic mass is 32.2. The van der Waals surface area contributed by atoms with Crippen molar-refractivity contribution in [3.63, 3.8) is 0 Å². The number of aromatic nitrogens is 2. The summed E-state index contributed by atoms with van der Waals surface area (Å²) in [5.41, 5.74) is 0. The molecule has 2 aliphatic heterocycles. The monoisotopic (exact) mass is 371 g/mol. The van der Waals surface area contributed by atoms with Crippen LogP contribution < -0.4 is 0 Å². The summed E-state index contributed by atoms with van der Waals surface area (Å²) in [5.74, 6) is 0.650. The fourth-order valence-electron chi connectivity index (χ4n) is 3.06. The van der Waals surface area contributed by atoms with E-state index in [0.29, 0.717) is 58.2 Å². The first-order valence-electron chi connectivity index (χ1n) is 8.51. The van der Waals surface area contributed by atoms with Crippen molar-refractivity contribution in [2.45, 2.75) is 18.4 Å². The van der Waals surface area contributed by atoms with Gasteiger partial charge in [-0.3, -0.25) is 0 Å². The van der Waals surface area contributed by atoms with Crippen LogP contribution in [0.1, 0.15) is 12.2 Å². The van der Waals surface area contributed by atoms with E-state index in [9.17, 15) is 13.2 Å². The van der Waals surface area contributed by atoms with Gasteiger partial charge in [-0.1, -0.05) is 0 Å². The summed E-state index contributed by atoms with van der Waals surface area (Å²) < 4.78 is 34.0. The number of carbonyl (C=O) groups is 1. The molecule has 2 amide bonds. The van der Waals surface area contributed by atoms with Gasteiger partial charge in [-0.25, -0.2) is 18.2 Å². The van der Waals surface area contributed by atoms with Crippen molar-refractivity contribution in [3.8, 4) is 0 Å². The maximum Gasteiger partial charge on any atom is 0.320 e. The standard InChI is InChI=1S/C15H25N5O4S/c1-13-16-14(12-17(13)2)25(22,23)20-5-3-4-18(6-7-20)15(21)19-8-10-24-11-9-19/h12H,3-11H2,1-2H3. The quantitative estimate of drug-likeness (QED) is 0.723. The molecule has 0 atom stereocenters. The molecule has 0 saturated carbocycles. The van der Waals surface area contributed by atoms with E-state index in [1.807, 2.05) is 0 Å². The highest BCUT2D eigenvalue weighted by Crippen LogP contribution is 2.17. The first-order valence-corrected chi connectivity index (χ1v) is 9.95. The Morgan fingerprint density at radius 2 is 1.76 bits per heavy atom. The van der Waals surface area contributed by atoms with Gasteiger partial charge in [0.15, 0.2) is 5.03 Å². The van der Waals surface area contributed by atoms with Crippen LogP contribution >= 0.6 is 0 Å². The molecule has 3 heterocycles. The Balaban J connectivity index is 1.67. The number of imidazole rings is 1. The molecule has 0 N–H and O–H groups in total. The lowest BCUT2D eigenvalue weighted by atomic mass is 10.4. The third kappa shape index (κ3) is 3.80. The van der Waals surface area contributed by atoms with Crippen LogP contribution in [0.15, 0.2) is 11.2 Å². The molecule has 1 aromatic rings. The second kappa shape index (κ2) is 7.30. The Morgan fingerprint density at radius 3 is 2.40 bits per heavy atom. The molecular formula is C15H25N5O4S. The van der Waals surface area contributed by atoms with Crippen LogP contribution in [0.25, 0.3) is 0 Å². The molecule has 0 aliphatic carbocycles. The summed E-state index contributed by atoms with van der Waals surface area (Å²) in [4.78, 5) is 20.3. The van der Waals surface area contributed by atoms with E-state index in [1.54, 1.807) is 28.3 Å². The molecule has 2 saturated heterocycles. The van der Waals surface area contributed by atoms with Gasteiger partial charge >= 0.3 is 6.03 Å². The number of carbonyl (C=O) groups excluding carboxylic acids is 1. The number of amides is 2. The molecule has 3 rings (SSSR count). The van der Waals surface area contributed by atoms with Gasteiger partial charge in [0.05, 0.1) is 13.2 Å². The van der Waals surface area contributed by atoms with Gasteiger partial charge in [0.25, 0.3) is 10.0 Å². The van der Waals surface area contributed by atoms with Gasteiger partial charge in [-0.05, 0) is 13.3 Å². The smallest absolute Gasteiger partial charge is 0.320 e. The zero-order valence-corrected chi connectivity index (χ0v) is 15.5. The molecule has 2 fully saturated rings. The van der Waals surface area contributed by atoms with Gasteiger partial charge in [0.2, 0.25) is 0 Å². The van der Waals surface area contributed by atoms with Crippen molar-refractivity contribution in [1.29, 1.82) is 0 Å². The van der Waals surface area contributed by atoms with Crippen molar-refractivity contribution in [1.82, 2.24) is 23.7 Å². The van der Waals surface area contributed by atoms with Crippen LogP contribution in [0.4, 0.5) is 4.79 Å². The van der Waals surface area contributed by atoms with E-state index in [1.165, 1.54) is 10.5 Å². The van der Waals surface area contributed by atoms with E-state index >= 15 is 0 Å². The van der Waals surface area contributed by atoms with E-state index in [0.717, 1.165) is 0 Å². The molecular weight excluding hydrogens is 346 g/mol.